The molecule has 1 atom stereocenters. The normalized spacial score (nSPS) is 24.6. The van der Waals surface area contributed by atoms with Crippen LogP contribution in [0.1, 0.15) is 6.92 Å². The number of hydrogen-bond donors (Lipinski definition) is 0. The van der Waals surface area contributed by atoms with E-state index < -0.39 is 0 Å². The highest BCUT2D eigenvalue weighted by atomic mass is 79.9. The van der Waals surface area contributed by atoms with Crippen molar-refractivity contribution in [3.8, 4) is 0 Å². The number of alkyl halides is 1. The van der Waals surface area contributed by atoms with E-state index in [1.165, 1.54) is 0 Å². The second-order valence-electron chi connectivity index (χ2n) is 4.47. The molecule has 0 aliphatic carbocycles. The molecule has 0 aromatic rings. The van der Waals surface area contributed by atoms with Gasteiger partial charge in [0, 0.05) is 19.6 Å². The predicted molar refractivity (Wildman–Crippen MR) is 75.2 cm³/mol. The first-order valence-electron chi connectivity index (χ1n) is 6.42. The van der Waals surface area contributed by atoms with Crippen LogP contribution in [0, 0.1) is 0 Å². The van der Waals surface area contributed by atoms with Crippen molar-refractivity contribution in [2.45, 2.75) is 11.8 Å². The van der Waals surface area contributed by atoms with Gasteiger partial charge >= 0.3 is 11.7 Å². The molecule has 0 aromatic carbocycles. The van der Waals surface area contributed by atoms with Crippen LogP contribution in [0.3, 0.4) is 0 Å². The van der Waals surface area contributed by atoms with Crippen LogP contribution >= 0.6 is 15.9 Å². The van der Waals surface area contributed by atoms with Crippen molar-refractivity contribution in [3.63, 3.8) is 0 Å². The van der Waals surface area contributed by atoms with Gasteiger partial charge in [-0.25, -0.2) is 4.79 Å². The van der Waals surface area contributed by atoms with Crippen LogP contribution in [0.25, 0.3) is 0 Å². The zero-order valence-electron chi connectivity index (χ0n) is 11.3. The minimum Gasteiger partial charge on any atom is -0.458 e. The first-order valence-corrected chi connectivity index (χ1v) is 7.34. The topological polar surface area (TPSA) is 54.1 Å². The molecule has 19 heavy (non-hydrogen) atoms. The minimum absolute atomic E-state index is 0.167. The third-order valence-corrected chi connectivity index (χ3v) is 4.10. The lowest BCUT2D eigenvalue weighted by molar-refractivity contribution is -0.498. The zero-order chi connectivity index (χ0) is 13.8. The SMILES string of the molecule is CCOC(=O)C1=[N+](C)N=C(CN2CCOCC2)C1Br. The van der Waals surface area contributed by atoms with Gasteiger partial charge in [0.25, 0.3) is 0 Å². The van der Waals surface area contributed by atoms with E-state index in [0.29, 0.717) is 12.3 Å². The Morgan fingerprint density at radius 2 is 2.26 bits per heavy atom. The summed E-state index contributed by atoms with van der Waals surface area (Å²) < 4.78 is 12.0. The van der Waals surface area contributed by atoms with Gasteiger partial charge < -0.3 is 9.47 Å². The molecule has 0 amide bonds. The number of hydrazone groups is 1. The van der Waals surface area contributed by atoms with Crippen LogP contribution in [-0.2, 0) is 14.3 Å². The number of esters is 1. The highest BCUT2D eigenvalue weighted by molar-refractivity contribution is 9.10. The number of morpholine rings is 1. The second-order valence-corrected chi connectivity index (χ2v) is 5.39. The summed E-state index contributed by atoms with van der Waals surface area (Å²) in [5.41, 5.74) is 1.48. The zero-order valence-corrected chi connectivity index (χ0v) is 12.9. The quantitative estimate of drug-likeness (QED) is 0.416. The largest absolute Gasteiger partial charge is 0.458 e. The van der Waals surface area contributed by atoms with Crippen molar-refractivity contribution in [1.82, 2.24) is 4.90 Å². The van der Waals surface area contributed by atoms with Crippen LogP contribution in [0.15, 0.2) is 5.10 Å². The Bertz CT molecular complexity index is 416. The van der Waals surface area contributed by atoms with Crippen LogP contribution in [0.4, 0.5) is 0 Å². The molecule has 0 spiro atoms. The number of hydrogen-bond acceptors (Lipinski definition) is 5. The van der Waals surface area contributed by atoms with E-state index >= 15 is 0 Å². The Labute approximate surface area is 121 Å². The molecule has 0 aromatic heterocycles. The molecule has 2 rings (SSSR count). The van der Waals surface area contributed by atoms with E-state index in [4.69, 9.17) is 9.47 Å². The number of nitrogens with zero attached hydrogens (tertiary/aromatic N) is 3. The molecule has 106 valence electrons. The van der Waals surface area contributed by atoms with Crippen molar-refractivity contribution in [1.29, 1.82) is 0 Å². The summed E-state index contributed by atoms with van der Waals surface area (Å²) in [6, 6.07) is 0. The number of carbonyl (C=O) groups is 1. The van der Waals surface area contributed by atoms with E-state index in [9.17, 15) is 4.79 Å². The van der Waals surface area contributed by atoms with Gasteiger partial charge in [0.05, 0.1) is 19.8 Å². The molecular weight excluding hydrogens is 314 g/mol. The Morgan fingerprint density at radius 3 is 2.89 bits per heavy atom. The second kappa shape index (κ2) is 6.58. The lowest BCUT2D eigenvalue weighted by atomic mass is 10.1. The molecule has 7 heteroatoms. The fourth-order valence-electron chi connectivity index (χ4n) is 2.16. The lowest BCUT2D eigenvalue weighted by Gasteiger charge is -2.26. The first-order chi connectivity index (χ1) is 9.13. The average molecular weight is 333 g/mol. The summed E-state index contributed by atoms with van der Waals surface area (Å²) in [5.74, 6) is -0.312. The van der Waals surface area contributed by atoms with Crippen LogP contribution in [0.2, 0.25) is 0 Å². The minimum atomic E-state index is -0.312. The summed E-state index contributed by atoms with van der Waals surface area (Å²) >= 11 is 3.54. The van der Waals surface area contributed by atoms with Crippen LogP contribution in [-0.4, -0.2) is 78.3 Å². The van der Waals surface area contributed by atoms with Gasteiger partial charge in [-0.15, -0.1) is 0 Å². The van der Waals surface area contributed by atoms with E-state index in [1.807, 2.05) is 0 Å². The van der Waals surface area contributed by atoms with Gasteiger partial charge in [0.1, 0.15) is 5.71 Å². The summed E-state index contributed by atoms with van der Waals surface area (Å²) in [7, 11) is 1.77. The predicted octanol–water partition coefficient (Wildman–Crippen LogP) is 0.0981. The number of carbonyl (C=O) groups excluding carboxylic acids is 1. The van der Waals surface area contributed by atoms with Crippen molar-refractivity contribution < 1.29 is 19.0 Å². The smallest absolute Gasteiger partial charge is 0.403 e. The van der Waals surface area contributed by atoms with Crippen molar-refractivity contribution in [2.24, 2.45) is 5.10 Å². The van der Waals surface area contributed by atoms with Gasteiger partial charge in [0.2, 0.25) is 0 Å². The first kappa shape index (κ1) is 14.6. The fraction of sp³-hybridized carbons (Fsp3) is 0.750. The van der Waals surface area contributed by atoms with E-state index in [2.05, 4.69) is 25.9 Å². The molecule has 2 heterocycles. The molecule has 1 saturated heterocycles. The highest BCUT2D eigenvalue weighted by Gasteiger charge is 2.41. The molecular formula is C12H19BrN3O3+. The summed E-state index contributed by atoms with van der Waals surface area (Å²) in [5, 5.41) is 4.43. The van der Waals surface area contributed by atoms with E-state index in [0.717, 1.165) is 38.6 Å². The van der Waals surface area contributed by atoms with Crippen LogP contribution < -0.4 is 0 Å². The lowest BCUT2D eigenvalue weighted by Crippen LogP contribution is -2.42. The Hall–Kier alpha value is -0.790. The average Bonchev–Trinajstić information content (AvgIpc) is 2.66. The third kappa shape index (κ3) is 3.40. The summed E-state index contributed by atoms with van der Waals surface area (Å²) in [6.45, 7) is 6.22. The number of halogens is 1. The Balaban J connectivity index is 1.99. The Morgan fingerprint density at radius 1 is 1.58 bits per heavy atom. The van der Waals surface area contributed by atoms with Crippen molar-refractivity contribution >= 4 is 33.3 Å². The molecule has 0 radical (unpaired) electrons. The standard InChI is InChI=1S/C12H19BrN3O3/c1-3-19-12(17)11-10(13)9(14-15(11)2)8-16-4-6-18-7-5-16/h10H,3-8H2,1-2H3/q+1. The van der Waals surface area contributed by atoms with Crippen LogP contribution in [0.5, 0.6) is 0 Å². The monoisotopic (exact) mass is 332 g/mol. The molecule has 6 nitrogen and oxygen atoms in total. The maximum absolute atomic E-state index is 11.9. The summed E-state index contributed by atoms with van der Waals surface area (Å²) in [4.78, 5) is 14.0. The van der Waals surface area contributed by atoms with Crippen molar-refractivity contribution in [2.75, 3.05) is 46.5 Å². The molecule has 2 aliphatic heterocycles. The maximum Gasteiger partial charge on any atom is 0.403 e. The van der Waals surface area contributed by atoms with Crippen molar-refractivity contribution in [3.05, 3.63) is 0 Å². The molecule has 1 fully saturated rings. The number of ether oxygens (including phenoxy) is 2. The molecule has 0 saturated carbocycles. The fourth-order valence-corrected chi connectivity index (χ4v) is 2.88. The van der Waals surface area contributed by atoms with Gasteiger partial charge in [-0.2, -0.15) is 0 Å². The summed E-state index contributed by atoms with van der Waals surface area (Å²) in [6.07, 6.45) is 0. The molecule has 0 bridgehead atoms. The van der Waals surface area contributed by atoms with E-state index in [-0.39, 0.29) is 10.8 Å². The van der Waals surface area contributed by atoms with Gasteiger partial charge in [-0.05, 0) is 12.0 Å². The van der Waals surface area contributed by atoms with Gasteiger partial charge in [-0.3, -0.25) is 4.90 Å². The van der Waals surface area contributed by atoms with Gasteiger partial charge in [-0.1, -0.05) is 20.6 Å². The van der Waals surface area contributed by atoms with E-state index in [1.54, 1.807) is 18.7 Å². The Kier molecular flexibility index (Phi) is 5.06. The van der Waals surface area contributed by atoms with Gasteiger partial charge in [0.15, 0.2) is 11.9 Å². The highest BCUT2D eigenvalue weighted by Crippen LogP contribution is 2.15. The molecule has 1 unspecified atom stereocenters. The molecule has 2 aliphatic rings. The third-order valence-electron chi connectivity index (χ3n) is 3.13. The maximum atomic E-state index is 11.9. The molecule has 0 N–H and O–H groups in total. The number of rotatable bonds is 4.